The van der Waals surface area contributed by atoms with Gasteiger partial charge in [-0.2, -0.15) is 0 Å². The maximum Gasteiger partial charge on any atom is 0.0393 e. The number of hydrogen-bond donors (Lipinski definition) is 1. The average Bonchev–Trinajstić information content (AvgIpc) is 2.91. The second kappa shape index (κ2) is 12.2. The summed E-state index contributed by atoms with van der Waals surface area (Å²) in [6.07, 6.45) is 11.5. The van der Waals surface area contributed by atoms with Crippen LogP contribution in [-0.4, -0.2) is 0 Å². The van der Waals surface area contributed by atoms with E-state index >= 15 is 0 Å². The third kappa shape index (κ3) is 6.73. The molecule has 0 fully saturated rings. The minimum atomic E-state index is 0.800. The standard InChI is InChI=1S/C34H37N/c1-3-5-7-26-9-16-29(17-10-26)30-18-13-28(14-19-30)15-22-32-23-24-33(25-34(32)35)31-20-11-27(12-21-31)8-6-4-2/h9-25H,3-8,35H2,1-2H3. The molecule has 4 aromatic carbocycles. The van der Waals surface area contributed by atoms with Crippen molar-refractivity contribution in [2.24, 2.45) is 0 Å². The normalized spacial score (nSPS) is 11.3. The molecule has 0 amide bonds. The van der Waals surface area contributed by atoms with Crippen molar-refractivity contribution in [3.05, 3.63) is 113 Å². The van der Waals surface area contributed by atoms with E-state index in [0.29, 0.717) is 0 Å². The summed E-state index contributed by atoms with van der Waals surface area (Å²) in [6.45, 7) is 4.47. The molecule has 0 aliphatic rings. The Morgan fingerprint density at radius 3 is 1.49 bits per heavy atom. The molecule has 0 aromatic heterocycles. The summed E-state index contributed by atoms with van der Waals surface area (Å²) in [6, 6.07) is 32.9. The van der Waals surface area contributed by atoms with Crippen LogP contribution in [0.3, 0.4) is 0 Å². The number of unbranched alkanes of at least 4 members (excludes halogenated alkanes) is 2. The van der Waals surface area contributed by atoms with Gasteiger partial charge in [-0.25, -0.2) is 0 Å². The topological polar surface area (TPSA) is 26.0 Å². The smallest absolute Gasteiger partial charge is 0.0393 e. The number of anilines is 1. The van der Waals surface area contributed by atoms with Gasteiger partial charge in [-0.3, -0.25) is 0 Å². The second-order valence-corrected chi connectivity index (χ2v) is 9.40. The molecule has 35 heavy (non-hydrogen) atoms. The van der Waals surface area contributed by atoms with Crippen molar-refractivity contribution in [3.8, 4) is 22.3 Å². The van der Waals surface area contributed by atoms with Gasteiger partial charge in [0, 0.05) is 5.69 Å². The maximum atomic E-state index is 6.41. The molecule has 0 saturated heterocycles. The van der Waals surface area contributed by atoms with Crippen LogP contribution in [0, 0.1) is 0 Å². The van der Waals surface area contributed by atoms with Crippen molar-refractivity contribution in [2.45, 2.75) is 52.4 Å². The Hall–Kier alpha value is -3.58. The lowest BCUT2D eigenvalue weighted by Crippen LogP contribution is -1.91. The van der Waals surface area contributed by atoms with Gasteiger partial charge in [0.15, 0.2) is 0 Å². The van der Waals surface area contributed by atoms with Gasteiger partial charge in [0.1, 0.15) is 0 Å². The van der Waals surface area contributed by atoms with Crippen molar-refractivity contribution in [2.75, 3.05) is 5.73 Å². The first kappa shape index (κ1) is 24.5. The van der Waals surface area contributed by atoms with E-state index in [1.54, 1.807) is 0 Å². The molecule has 178 valence electrons. The first-order valence-electron chi connectivity index (χ1n) is 13.0. The molecule has 4 aromatic rings. The molecule has 0 heterocycles. The summed E-state index contributed by atoms with van der Waals surface area (Å²) in [5.41, 5.74) is 17.1. The highest BCUT2D eigenvalue weighted by atomic mass is 14.6. The predicted octanol–water partition coefficient (Wildman–Crippen LogP) is 9.46. The van der Waals surface area contributed by atoms with Crippen LogP contribution in [-0.2, 0) is 12.8 Å². The fourth-order valence-electron chi connectivity index (χ4n) is 4.37. The van der Waals surface area contributed by atoms with Crippen LogP contribution in [0.25, 0.3) is 34.4 Å². The van der Waals surface area contributed by atoms with Crippen molar-refractivity contribution in [1.29, 1.82) is 0 Å². The molecule has 1 nitrogen and oxygen atoms in total. The van der Waals surface area contributed by atoms with Gasteiger partial charge in [-0.1, -0.05) is 124 Å². The lowest BCUT2D eigenvalue weighted by Gasteiger charge is -2.08. The Bertz CT molecular complexity index is 1230. The summed E-state index contributed by atoms with van der Waals surface area (Å²) in [4.78, 5) is 0. The highest BCUT2D eigenvalue weighted by molar-refractivity contribution is 5.80. The zero-order valence-corrected chi connectivity index (χ0v) is 21.1. The lowest BCUT2D eigenvalue weighted by atomic mass is 9.99. The average molecular weight is 460 g/mol. The quantitative estimate of drug-likeness (QED) is 0.185. The van der Waals surface area contributed by atoms with E-state index < -0.39 is 0 Å². The Kier molecular flexibility index (Phi) is 8.57. The molecule has 0 unspecified atom stereocenters. The zero-order chi connectivity index (χ0) is 24.5. The Morgan fingerprint density at radius 2 is 1.00 bits per heavy atom. The Balaban J connectivity index is 1.41. The highest BCUT2D eigenvalue weighted by Gasteiger charge is 2.03. The number of rotatable bonds is 10. The van der Waals surface area contributed by atoms with Crippen LogP contribution in [0.15, 0.2) is 91.0 Å². The largest absolute Gasteiger partial charge is 0.398 e. The van der Waals surface area contributed by atoms with Crippen LogP contribution >= 0.6 is 0 Å². The number of nitrogens with two attached hydrogens (primary N) is 1. The summed E-state index contributed by atoms with van der Waals surface area (Å²) in [5, 5.41) is 0. The molecule has 4 rings (SSSR count). The van der Waals surface area contributed by atoms with Crippen LogP contribution in [0.1, 0.15) is 61.8 Å². The number of nitrogen functional groups attached to an aromatic ring is 1. The van der Waals surface area contributed by atoms with Gasteiger partial charge < -0.3 is 5.73 Å². The van der Waals surface area contributed by atoms with E-state index in [0.717, 1.165) is 29.7 Å². The van der Waals surface area contributed by atoms with Crippen molar-refractivity contribution in [3.63, 3.8) is 0 Å². The molecule has 0 saturated carbocycles. The third-order valence-corrected chi connectivity index (χ3v) is 6.67. The Labute approximate surface area is 211 Å². The second-order valence-electron chi connectivity index (χ2n) is 9.40. The molecule has 0 spiro atoms. The van der Waals surface area contributed by atoms with E-state index in [1.165, 1.54) is 59.1 Å². The monoisotopic (exact) mass is 459 g/mol. The third-order valence-electron chi connectivity index (χ3n) is 6.67. The maximum absolute atomic E-state index is 6.41. The zero-order valence-electron chi connectivity index (χ0n) is 21.1. The molecule has 0 atom stereocenters. The first-order valence-corrected chi connectivity index (χ1v) is 13.0. The molecular weight excluding hydrogens is 422 g/mol. The van der Waals surface area contributed by atoms with Gasteiger partial charge in [0.05, 0.1) is 0 Å². The van der Waals surface area contributed by atoms with E-state index in [2.05, 4.69) is 117 Å². The lowest BCUT2D eigenvalue weighted by molar-refractivity contribution is 0.795. The fraction of sp³-hybridized carbons (Fsp3) is 0.235. The van der Waals surface area contributed by atoms with E-state index in [1.807, 2.05) is 0 Å². The van der Waals surface area contributed by atoms with E-state index in [9.17, 15) is 0 Å². The van der Waals surface area contributed by atoms with Gasteiger partial charge >= 0.3 is 0 Å². The predicted molar refractivity (Wildman–Crippen MR) is 154 cm³/mol. The van der Waals surface area contributed by atoms with Gasteiger partial charge in [0.25, 0.3) is 0 Å². The number of hydrogen-bond acceptors (Lipinski definition) is 1. The molecule has 2 N–H and O–H groups in total. The first-order chi connectivity index (χ1) is 17.2. The summed E-state index contributed by atoms with van der Waals surface area (Å²) in [7, 11) is 0. The summed E-state index contributed by atoms with van der Waals surface area (Å²) < 4.78 is 0. The SMILES string of the molecule is CCCCc1ccc(-c2ccc(C=Cc3ccc(-c4ccc(CCCC)cc4)cc3N)cc2)cc1. The minimum absolute atomic E-state index is 0.800. The molecule has 0 bridgehead atoms. The summed E-state index contributed by atoms with van der Waals surface area (Å²) >= 11 is 0. The van der Waals surface area contributed by atoms with Gasteiger partial charge in [-0.15, -0.1) is 0 Å². The van der Waals surface area contributed by atoms with E-state index in [-0.39, 0.29) is 0 Å². The molecule has 0 aliphatic carbocycles. The van der Waals surface area contributed by atoms with Crippen molar-refractivity contribution >= 4 is 17.8 Å². The summed E-state index contributed by atoms with van der Waals surface area (Å²) in [5.74, 6) is 0. The molecule has 0 aliphatic heterocycles. The van der Waals surface area contributed by atoms with Gasteiger partial charge in [-0.05, 0) is 76.3 Å². The van der Waals surface area contributed by atoms with Gasteiger partial charge in [0.2, 0.25) is 0 Å². The highest BCUT2D eigenvalue weighted by Crippen LogP contribution is 2.27. The van der Waals surface area contributed by atoms with E-state index in [4.69, 9.17) is 5.73 Å². The molecule has 1 heteroatoms. The van der Waals surface area contributed by atoms with Crippen molar-refractivity contribution in [1.82, 2.24) is 0 Å². The van der Waals surface area contributed by atoms with Crippen LogP contribution in [0.2, 0.25) is 0 Å². The Morgan fingerprint density at radius 1 is 0.543 bits per heavy atom. The fourth-order valence-corrected chi connectivity index (χ4v) is 4.37. The molecular formula is C34H37N. The van der Waals surface area contributed by atoms with Crippen LogP contribution in [0.4, 0.5) is 5.69 Å². The van der Waals surface area contributed by atoms with Crippen LogP contribution < -0.4 is 5.73 Å². The van der Waals surface area contributed by atoms with Crippen molar-refractivity contribution < 1.29 is 0 Å². The number of benzene rings is 4. The minimum Gasteiger partial charge on any atom is -0.398 e. The number of aryl methyl sites for hydroxylation is 2. The molecule has 0 radical (unpaired) electrons. The van der Waals surface area contributed by atoms with Crippen LogP contribution in [0.5, 0.6) is 0 Å².